The fourth-order valence-corrected chi connectivity index (χ4v) is 2.18. The Kier molecular flexibility index (Phi) is 3.07. The highest BCUT2D eigenvalue weighted by molar-refractivity contribution is 5.14. The average Bonchev–Trinajstić information content (AvgIpc) is 2.70. The molecule has 84 valence electrons. The Labute approximate surface area is 90.8 Å². The third kappa shape index (κ3) is 2.21. The first kappa shape index (κ1) is 10.6. The van der Waals surface area contributed by atoms with Crippen LogP contribution in [0.2, 0.25) is 0 Å². The average molecular weight is 208 g/mol. The minimum atomic E-state index is 0.218. The number of piperidine rings is 1. The lowest BCUT2D eigenvalue weighted by atomic mass is 9.91. The fraction of sp³-hybridized carbons (Fsp3) is 0.727. The van der Waals surface area contributed by atoms with Gasteiger partial charge >= 0.3 is 0 Å². The van der Waals surface area contributed by atoms with E-state index in [4.69, 9.17) is 5.73 Å². The van der Waals surface area contributed by atoms with E-state index in [2.05, 4.69) is 30.5 Å². The molecule has 0 aromatic carbocycles. The second kappa shape index (κ2) is 4.33. The predicted octanol–water partition coefficient (Wildman–Crippen LogP) is 1.04. The van der Waals surface area contributed by atoms with Gasteiger partial charge in [0.15, 0.2) is 0 Å². The molecule has 0 aliphatic carbocycles. The summed E-state index contributed by atoms with van der Waals surface area (Å²) in [6.45, 7) is 5.22. The number of rotatable bonds is 2. The predicted molar refractivity (Wildman–Crippen MR) is 60.4 cm³/mol. The molecule has 1 aliphatic heterocycles. The van der Waals surface area contributed by atoms with Crippen LogP contribution in [0.3, 0.4) is 0 Å². The molecule has 4 heteroatoms. The van der Waals surface area contributed by atoms with Crippen LogP contribution in [0.15, 0.2) is 12.4 Å². The minimum Gasteiger partial charge on any atom is -0.326 e. The lowest BCUT2D eigenvalue weighted by molar-refractivity contribution is 0.301. The molecule has 1 saturated heterocycles. The summed E-state index contributed by atoms with van der Waals surface area (Å²) in [5, 5.41) is 7.83. The fourth-order valence-electron chi connectivity index (χ4n) is 2.18. The largest absolute Gasteiger partial charge is 0.326 e. The van der Waals surface area contributed by atoms with Crippen molar-refractivity contribution in [3.8, 4) is 0 Å². The maximum atomic E-state index is 6.12. The molecule has 15 heavy (non-hydrogen) atoms. The SMILES string of the molecule is CCn1cc(C2NC(C)CCC2N)cn1. The molecule has 4 nitrogen and oxygen atoms in total. The molecule has 1 fully saturated rings. The first-order valence-corrected chi connectivity index (χ1v) is 5.74. The molecule has 1 aliphatic rings. The van der Waals surface area contributed by atoms with Gasteiger partial charge in [0.05, 0.1) is 12.2 Å². The Balaban J connectivity index is 2.13. The van der Waals surface area contributed by atoms with Crippen LogP contribution in [0.25, 0.3) is 0 Å². The molecule has 3 unspecified atom stereocenters. The summed E-state index contributed by atoms with van der Waals surface area (Å²) in [6, 6.07) is 1.05. The molecule has 0 saturated carbocycles. The molecule has 2 rings (SSSR count). The number of hydrogen-bond acceptors (Lipinski definition) is 3. The molecule has 0 bridgehead atoms. The first-order chi connectivity index (χ1) is 7.20. The van der Waals surface area contributed by atoms with Crippen molar-refractivity contribution in [3.63, 3.8) is 0 Å². The molecule has 3 atom stereocenters. The van der Waals surface area contributed by atoms with E-state index in [-0.39, 0.29) is 12.1 Å². The Morgan fingerprint density at radius 1 is 1.60 bits per heavy atom. The van der Waals surface area contributed by atoms with Crippen LogP contribution >= 0.6 is 0 Å². The van der Waals surface area contributed by atoms with E-state index in [0.717, 1.165) is 13.0 Å². The number of nitrogens with two attached hydrogens (primary N) is 1. The van der Waals surface area contributed by atoms with Gasteiger partial charge in [-0.25, -0.2) is 0 Å². The molecule has 0 radical (unpaired) electrons. The highest BCUT2D eigenvalue weighted by Crippen LogP contribution is 2.24. The Hall–Kier alpha value is -0.870. The Morgan fingerprint density at radius 3 is 3.07 bits per heavy atom. The summed E-state index contributed by atoms with van der Waals surface area (Å²) < 4.78 is 1.95. The van der Waals surface area contributed by atoms with Gasteiger partial charge in [0.1, 0.15) is 0 Å². The van der Waals surface area contributed by atoms with E-state index in [0.29, 0.717) is 6.04 Å². The van der Waals surface area contributed by atoms with Gasteiger partial charge in [0, 0.05) is 30.4 Å². The lowest BCUT2D eigenvalue weighted by Crippen LogP contribution is -2.46. The zero-order chi connectivity index (χ0) is 10.8. The quantitative estimate of drug-likeness (QED) is 0.763. The monoisotopic (exact) mass is 208 g/mol. The maximum Gasteiger partial charge on any atom is 0.0538 e. The summed E-state index contributed by atoms with van der Waals surface area (Å²) in [5.74, 6) is 0. The molecule has 1 aromatic heterocycles. The van der Waals surface area contributed by atoms with Gasteiger partial charge in [0.2, 0.25) is 0 Å². The lowest BCUT2D eigenvalue weighted by Gasteiger charge is -2.33. The zero-order valence-electron chi connectivity index (χ0n) is 9.48. The van der Waals surface area contributed by atoms with Crippen molar-refractivity contribution in [1.82, 2.24) is 15.1 Å². The van der Waals surface area contributed by atoms with E-state index in [1.165, 1.54) is 12.0 Å². The van der Waals surface area contributed by atoms with Crippen LogP contribution in [-0.4, -0.2) is 21.9 Å². The molecular formula is C11H20N4. The van der Waals surface area contributed by atoms with Gasteiger partial charge in [-0.05, 0) is 26.7 Å². The van der Waals surface area contributed by atoms with Crippen molar-refractivity contribution in [2.24, 2.45) is 5.73 Å². The second-order valence-corrected chi connectivity index (χ2v) is 4.42. The van der Waals surface area contributed by atoms with Crippen LogP contribution in [0.1, 0.15) is 38.3 Å². The summed E-state index contributed by atoms with van der Waals surface area (Å²) in [5.41, 5.74) is 7.34. The van der Waals surface area contributed by atoms with Crippen LogP contribution in [0.5, 0.6) is 0 Å². The van der Waals surface area contributed by atoms with Gasteiger partial charge in [-0.3, -0.25) is 4.68 Å². The summed E-state index contributed by atoms with van der Waals surface area (Å²) in [4.78, 5) is 0. The van der Waals surface area contributed by atoms with Crippen molar-refractivity contribution < 1.29 is 0 Å². The zero-order valence-corrected chi connectivity index (χ0v) is 9.48. The maximum absolute atomic E-state index is 6.12. The summed E-state index contributed by atoms with van der Waals surface area (Å²) in [7, 11) is 0. The van der Waals surface area contributed by atoms with E-state index in [1.54, 1.807) is 0 Å². The van der Waals surface area contributed by atoms with Crippen LogP contribution in [0, 0.1) is 0 Å². The van der Waals surface area contributed by atoms with E-state index >= 15 is 0 Å². The van der Waals surface area contributed by atoms with Crippen molar-refractivity contribution >= 4 is 0 Å². The molecular weight excluding hydrogens is 188 g/mol. The standard InChI is InChI=1S/C11H20N4/c1-3-15-7-9(6-13-15)11-10(12)5-4-8(2)14-11/h6-8,10-11,14H,3-5,12H2,1-2H3. The van der Waals surface area contributed by atoms with Crippen molar-refractivity contribution in [2.45, 2.75) is 51.4 Å². The van der Waals surface area contributed by atoms with Gasteiger partial charge < -0.3 is 11.1 Å². The third-order valence-electron chi connectivity index (χ3n) is 3.16. The van der Waals surface area contributed by atoms with Gasteiger partial charge in [-0.2, -0.15) is 5.10 Å². The second-order valence-electron chi connectivity index (χ2n) is 4.42. The normalized spacial score (nSPS) is 31.8. The molecule has 1 aromatic rings. The molecule has 0 spiro atoms. The Morgan fingerprint density at radius 2 is 2.40 bits per heavy atom. The van der Waals surface area contributed by atoms with Gasteiger partial charge in [0.25, 0.3) is 0 Å². The van der Waals surface area contributed by atoms with Crippen molar-refractivity contribution in [3.05, 3.63) is 18.0 Å². The highest BCUT2D eigenvalue weighted by Gasteiger charge is 2.27. The number of hydrogen-bond donors (Lipinski definition) is 2. The first-order valence-electron chi connectivity index (χ1n) is 5.74. The number of aromatic nitrogens is 2. The number of aryl methyl sites for hydroxylation is 1. The number of nitrogens with zero attached hydrogens (tertiary/aromatic N) is 2. The van der Waals surface area contributed by atoms with Crippen LogP contribution < -0.4 is 11.1 Å². The van der Waals surface area contributed by atoms with E-state index in [9.17, 15) is 0 Å². The molecule has 2 heterocycles. The highest BCUT2D eigenvalue weighted by atomic mass is 15.3. The van der Waals surface area contributed by atoms with Gasteiger partial charge in [-0.15, -0.1) is 0 Å². The van der Waals surface area contributed by atoms with E-state index < -0.39 is 0 Å². The van der Waals surface area contributed by atoms with Gasteiger partial charge in [-0.1, -0.05) is 0 Å². The number of nitrogens with one attached hydrogen (secondary N) is 1. The van der Waals surface area contributed by atoms with Crippen molar-refractivity contribution in [2.75, 3.05) is 0 Å². The van der Waals surface area contributed by atoms with Crippen LogP contribution in [0.4, 0.5) is 0 Å². The summed E-state index contributed by atoms with van der Waals surface area (Å²) in [6.07, 6.45) is 6.28. The minimum absolute atomic E-state index is 0.218. The molecule has 3 N–H and O–H groups in total. The summed E-state index contributed by atoms with van der Waals surface area (Å²) >= 11 is 0. The van der Waals surface area contributed by atoms with E-state index in [1.807, 2.05) is 10.9 Å². The smallest absolute Gasteiger partial charge is 0.0538 e. The van der Waals surface area contributed by atoms with Crippen LogP contribution in [-0.2, 0) is 6.54 Å². The third-order valence-corrected chi connectivity index (χ3v) is 3.16. The van der Waals surface area contributed by atoms with Crippen molar-refractivity contribution in [1.29, 1.82) is 0 Å². The Bertz CT molecular complexity index is 320. The molecule has 0 amide bonds. The topological polar surface area (TPSA) is 55.9 Å².